The van der Waals surface area contributed by atoms with Crippen LogP contribution < -0.4 is 4.72 Å². The maximum Gasteiger partial charge on any atom is 0.265 e. The molecule has 7 heteroatoms. The summed E-state index contributed by atoms with van der Waals surface area (Å²) in [6, 6.07) is 5.35. The van der Waals surface area contributed by atoms with Crippen molar-refractivity contribution in [3.8, 4) is 0 Å². The van der Waals surface area contributed by atoms with Crippen molar-refractivity contribution in [2.24, 2.45) is 7.05 Å². The van der Waals surface area contributed by atoms with Crippen LogP contribution in [0.2, 0.25) is 0 Å². The molecule has 0 spiro atoms. The second-order valence-electron chi connectivity index (χ2n) is 3.87. The number of hydrogen-bond donors (Lipinski definition) is 1. The van der Waals surface area contributed by atoms with Crippen LogP contribution in [0.5, 0.6) is 0 Å². The molecule has 0 radical (unpaired) electrons. The van der Waals surface area contributed by atoms with Crippen LogP contribution in [0, 0.1) is 6.92 Å². The highest BCUT2D eigenvalue weighted by Crippen LogP contribution is 2.25. The van der Waals surface area contributed by atoms with Crippen molar-refractivity contribution in [3.05, 3.63) is 40.6 Å². The summed E-state index contributed by atoms with van der Waals surface area (Å²) in [7, 11) is -1.92. The van der Waals surface area contributed by atoms with Gasteiger partial charge in [-0.15, -0.1) is 0 Å². The molecule has 0 fully saturated rings. The molecule has 0 saturated heterocycles. The molecule has 2 aromatic rings. The van der Waals surface area contributed by atoms with E-state index in [9.17, 15) is 8.42 Å². The number of benzene rings is 1. The molecule has 0 aliphatic carbocycles. The molecular weight excluding hydrogens is 318 g/mol. The number of aryl methyl sites for hydroxylation is 1. The van der Waals surface area contributed by atoms with Gasteiger partial charge in [0.1, 0.15) is 4.90 Å². The summed E-state index contributed by atoms with van der Waals surface area (Å²) in [5.41, 5.74) is 1.39. The lowest BCUT2D eigenvalue weighted by molar-refractivity contribution is 0.601. The molecule has 5 nitrogen and oxygen atoms in total. The second kappa shape index (κ2) is 4.74. The molecule has 18 heavy (non-hydrogen) atoms. The van der Waals surface area contributed by atoms with Gasteiger partial charge in [-0.1, -0.05) is 22.0 Å². The first-order valence-electron chi connectivity index (χ1n) is 5.17. The predicted molar refractivity (Wildman–Crippen MR) is 72.9 cm³/mol. The summed E-state index contributed by atoms with van der Waals surface area (Å²) in [5, 5.41) is 3.85. The van der Waals surface area contributed by atoms with Gasteiger partial charge < -0.3 is 0 Å². The fourth-order valence-corrected chi connectivity index (χ4v) is 2.93. The SMILES string of the molecule is Cc1c(Br)cccc1NS(=O)(=O)c1cnn(C)c1. The zero-order chi connectivity index (χ0) is 13.3. The summed E-state index contributed by atoms with van der Waals surface area (Å²) in [5.74, 6) is 0. The highest BCUT2D eigenvalue weighted by Gasteiger charge is 2.17. The summed E-state index contributed by atoms with van der Waals surface area (Å²) in [6.45, 7) is 1.84. The molecule has 0 aliphatic rings. The number of sulfonamides is 1. The van der Waals surface area contributed by atoms with E-state index in [0.717, 1.165) is 10.0 Å². The van der Waals surface area contributed by atoms with E-state index in [2.05, 4.69) is 25.8 Å². The molecule has 0 saturated carbocycles. The van der Waals surface area contributed by atoms with Crippen molar-refractivity contribution in [3.63, 3.8) is 0 Å². The molecule has 1 N–H and O–H groups in total. The summed E-state index contributed by atoms with van der Waals surface area (Å²) in [4.78, 5) is 0.143. The van der Waals surface area contributed by atoms with Gasteiger partial charge in [0, 0.05) is 17.7 Å². The Morgan fingerprint density at radius 3 is 2.72 bits per heavy atom. The van der Waals surface area contributed by atoms with Crippen LogP contribution in [-0.2, 0) is 17.1 Å². The van der Waals surface area contributed by atoms with Crippen molar-refractivity contribution in [1.29, 1.82) is 0 Å². The molecule has 0 atom stereocenters. The van der Waals surface area contributed by atoms with Crippen LogP contribution in [0.25, 0.3) is 0 Å². The third-order valence-electron chi connectivity index (χ3n) is 2.50. The molecule has 1 heterocycles. The Bertz CT molecular complexity index is 679. The minimum absolute atomic E-state index is 0.143. The molecule has 1 aromatic heterocycles. The number of nitrogens with zero attached hydrogens (tertiary/aromatic N) is 2. The average molecular weight is 330 g/mol. The van der Waals surface area contributed by atoms with E-state index in [1.807, 2.05) is 13.0 Å². The minimum atomic E-state index is -3.59. The van der Waals surface area contributed by atoms with Crippen LogP contribution in [0.1, 0.15) is 5.56 Å². The van der Waals surface area contributed by atoms with E-state index >= 15 is 0 Å². The van der Waals surface area contributed by atoms with Gasteiger partial charge in [0.2, 0.25) is 0 Å². The number of anilines is 1. The lowest BCUT2D eigenvalue weighted by atomic mass is 10.2. The molecule has 0 amide bonds. The van der Waals surface area contributed by atoms with E-state index < -0.39 is 10.0 Å². The number of aromatic nitrogens is 2. The van der Waals surface area contributed by atoms with Crippen LogP contribution in [0.4, 0.5) is 5.69 Å². The van der Waals surface area contributed by atoms with Crippen molar-refractivity contribution < 1.29 is 8.42 Å². The van der Waals surface area contributed by atoms with E-state index in [4.69, 9.17) is 0 Å². The Balaban J connectivity index is 2.37. The standard InChI is InChI=1S/C11H12BrN3O2S/c1-8-10(12)4-3-5-11(8)14-18(16,17)9-6-13-15(2)7-9/h3-7,14H,1-2H3. The highest BCUT2D eigenvalue weighted by atomic mass is 79.9. The normalized spacial score (nSPS) is 11.5. The average Bonchev–Trinajstić information content (AvgIpc) is 2.72. The lowest BCUT2D eigenvalue weighted by Crippen LogP contribution is -2.13. The molecule has 96 valence electrons. The molecule has 0 unspecified atom stereocenters. The minimum Gasteiger partial charge on any atom is -0.279 e. The topological polar surface area (TPSA) is 64.0 Å². The lowest BCUT2D eigenvalue weighted by Gasteiger charge is -2.10. The number of rotatable bonds is 3. The second-order valence-corrected chi connectivity index (χ2v) is 6.40. The maximum atomic E-state index is 12.1. The third kappa shape index (κ3) is 2.56. The largest absolute Gasteiger partial charge is 0.279 e. The summed E-state index contributed by atoms with van der Waals surface area (Å²) < 4.78 is 29.0. The van der Waals surface area contributed by atoms with Gasteiger partial charge in [-0.2, -0.15) is 5.10 Å². The Labute approximate surface area is 114 Å². The fraction of sp³-hybridized carbons (Fsp3) is 0.182. The van der Waals surface area contributed by atoms with Crippen molar-refractivity contribution >= 4 is 31.6 Å². The Morgan fingerprint density at radius 2 is 2.11 bits per heavy atom. The molecule has 1 aromatic carbocycles. The first kappa shape index (κ1) is 13.1. The van der Waals surface area contributed by atoms with Gasteiger partial charge in [-0.3, -0.25) is 9.40 Å². The highest BCUT2D eigenvalue weighted by molar-refractivity contribution is 9.10. The van der Waals surface area contributed by atoms with Crippen LogP contribution in [-0.4, -0.2) is 18.2 Å². The van der Waals surface area contributed by atoms with Gasteiger partial charge in [0.05, 0.1) is 11.9 Å². The zero-order valence-electron chi connectivity index (χ0n) is 9.88. The third-order valence-corrected chi connectivity index (χ3v) is 4.68. The number of halogens is 1. The number of hydrogen-bond acceptors (Lipinski definition) is 3. The molecule has 0 aliphatic heterocycles. The Kier molecular flexibility index (Phi) is 3.45. The smallest absolute Gasteiger partial charge is 0.265 e. The van der Waals surface area contributed by atoms with E-state index in [1.165, 1.54) is 17.1 Å². The monoisotopic (exact) mass is 329 g/mol. The van der Waals surface area contributed by atoms with Gasteiger partial charge in [-0.05, 0) is 24.6 Å². The first-order chi connectivity index (χ1) is 8.40. The first-order valence-corrected chi connectivity index (χ1v) is 7.44. The van der Waals surface area contributed by atoms with Crippen LogP contribution in [0.3, 0.4) is 0 Å². The molecule has 0 bridgehead atoms. The van der Waals surface area contributed by atoms with Crippen molar-refractivity contribution in [2.45, 2.75) is 11.8 Å². The van der Waals surface area contributed by atoms with Crippen molar-refractivity contribution in [2.75, 3.05) is 4.72 Å². The van der Waals surface area contributed by atoms with Gasteiger partial charge in [0.25, 0.3) is 10.0 Å². The van der Waals surface area contributed by atoms with E-state index in [0.29, 0.717) is 5.69 Å². The van der Waals surface area contributed by atoms with Crippen LogP contribution >= 0.6 is 15.9 Å². The quantitative estimate of drug-likeness (QED) is 0.939. The zero-order valence-corrected chi connectivity index (χ0v) is 12.3. The van der Waals surface area contributed by atoms with Crippen molar-refractivity contribution in [1.82, 2.24) is 9.78 Å². The maximum absolute atomic E-state index is 12.1. The number of nitrogens with one attached hydrogen (secondary N) is 1. The Hall–Kier alpha value is -1.34. The Morgan fingerprint density at radius 1 is 1.39 bits per heavy atom. The fourth-order valence-electron chi connectivity index (χ4n) is 1.46. The van der Waals surface area contributed by atoms with Gasteiger partial charge in [0.15, 0.2) is 0 Å². The molecule has 2 rings (SSSR count). The predicted octanol–water partition coefficient (Wildman–Crippen LogP) is 2.29. The summed E-state index contributed by atoms with van der Waals surface area (Å²) in [6.07, 6.45) is 2.77. The van der Waals surface area contributed by atoms with Gasteiger partial charge in [-0.25, -0.2) is 8.42 Å². The van der Waals surface area contributed by atoms with Crippen LogP contribution in [0.15, 0.2) is 40.0 Å². The molecular formula is C11H12BrN3O2S. The summed E-state index contributed by atoms with van der Waals surface area (Å²) >= 11 is 3.36. The van der Waals surface area contributed by atoms with E-state index in [1.54, 1.807) is 19.2 Å². The van der Waals surface area contributed by atoms with Gasteiger partial charge >= 0.3 is 0 Å². The van der Waals surface area contributed by atoms with E-state index in [-0.39, 0.29) is 4.90 Å².